The standard InChI is InChI=1S/C16H20FN3O2/c17-13-9-11(19-14-3-4-15(21)20-16(14)22)1-2-12(13)10-5-7-18-8-6-10/h1-2,9-10,14,18-19H,3-8H2,(H,20,21,22)/t14-/m1/s1. The molecule has 3 N–H and O–H groups in total. The number of hydrogen-bond acceptors (Lipinski definition) is 4. The van der Waals surface area contributed by atoms with Crippen LogP contribution in [0.1, 0.15) is 37.2 Å². The first kappa shape index (κ1) is 15.0. The summed E-state index contributed by atoms with van der Waals surface area (Å²) < 4.78 is 14.3. The van der Waals surface area contributed by atoms with Crippen molar-refractivity contribution in [2.45, 2.75) is 37.6 Å². The lowest BCUT2D eigenvalue weighted by molar-refractivity contribution is -0.133. The maximum Gasteiger partial charge on any atom is 0.249 e. The van der Waals surface area contributed by atoms with Gasteiger partial charge >= 0.3 is 0 Å². The van der Waals surface area contributed by atoms with Gasteiger partial charge in [-0.3, -0.25) is 14.9 Å². The van der Waals surface area contributed by atoms with Gasteiger partial charge in [-0.05, 0) is 56.0 Å². The summed E-state index contributed by atoms with van der Waals surface area (Å²) in [5.41, 5.74) is 1.32. The molecule has 2 aliphatic heterocycles. The van der Waals surface area contributed by atoms with Gasteiger partial charge in [0, 0.05) is 12.1 Å². The second-order valence-electron chi connectivity index (χ2n) is 5.91. The van der Waals surface area contributed by atoms with Gasteiger partial charge in [0.05, 0.1) is 0 Å². The molecule has 0 bridgehead atoms. The zero-order valence-electron chi connectivity index (χ0n) is 12.3. The lowest BCUT2D eigenvalue weighted by Crippen LogP contribution is -2.47. The van der Waals surface area contributed by atoms with Gasteiger partial charge in [0.1, 0.15) is 11.9 Å². The first-order valence-electron chi connectivity index (χ1n) is 7.74. The number of anilines is 1. The van der Waals surface area contributed by atoms with Crippen LogP contribution in [0.3, 0.4) is 0 Å². The van der Waals surface area contributed by atoms with Gasteiger partial charge in [0.15, 0.2) is 0 Å². The number of piperidine rings is 2. The number of benzene rings is 1. The molecule has 5 nitrogen and oxygen atoms in total. The largest absolute Gasteiger partial charge is 0.374 e. The van der Waals surface area contributed by atoms with Gasteiger partial charge in [-0.25, -0.2) is 4.39 Å². The third-order valence-corrected chi connectivity index (χ3v) is 4.36. The quantitative estimate of drug-likeness (QED) is 0.740. The fraction of sp³-hybridized carbons (Fsp3) is 0.500. The van der Waals surface area contributed by atoms with Crippen LogP contribution < -0.4 is 16.0 Å². The lowest BCUT2D eigenvalue weighted by Gasteiger charge is -2.25. The zero-order chi connectivity index (χ0) is 15.5. The molecule has 0 aliphatic carbocycles. The van der Waals surface area contributed by atoms with E-state index >= 15 is 0 Å². The van der Waals surface area contributed by atoms with Crippen LogP contribution in [0.4, 0.5) is 10.1 Å². The van der Waals surface area contributed by atoms with E-state index in [2.05, 4.69) is 16.0 Å². The minimum Gasteiger partial charge on any atom is -0.374 e. The Morgan fingerprint density at radius 1 is 1.14 bits per heavy atom. The molecule has 2 aliphatic rings. The van der Waals surface area contributed by atoms with E-state index in [4.69, 9.17) is 0 Å². The van der Waals surface area contributed by atoms with Gasteiger partial charge in [0.2, 0.25) is 11.8 Å². The van der Waals surface area contributed by atoms with Crippen LogP contribution in [-0.2, 0) is 9.59 Å². The number of rotatable bonds is 3. The molecule has 1 aromatic carbocycles. The Labute approximate surface area is 128 Å². The van der Waals surface area contributed by atoms with Crippen molar-refractivity contribution in [1.29, 1.82) is 0 Å². The Bertz CT molecular complexity index is 585. The third kappa shape index (κ3) is 3.27. The van der Waals surface area contributed by atoms with Crippen LogP contribution in [0.25, 0.3) is 0 Å². The summed E-state index contributed by atoms with van der Waals surface area (Å²) in [7, 11) is 0. The maximum atomic E-state index is 14.3. The van der Waals surface area contributed by atoms with Crippen molar-refractivity contribution in [1.82, 2.24) is 10.6 Å². The molecular weight excluding hydrogens is 285 g/mol. The van der Waals surface area contributed by atoms with Gasteiger partial charge in [-0.15, -0.1) is 0 Å². The van der Waals surface area contributed by atoms with Crippen LogP contribution in [0.15, 0.2) is 18.2 Å². The molecule has 0 radical (unpaired) electrons. The smallest absolute Gasteiger partial charge is 0.249 e. The summed E-state index contributed by atoms with van der Waals surface area (Å²) in [6, 6.07) is 4.58. The van der Waals surface area contributed by atoms with E-state index in [9.17, 15) is 14.0 Å². The Hall–Kier alpha value is -1.95. The summed E-state index contributed by atoms with van der Waals surface area (Å²) in [4.78, 5) is 22.8. The van der Waals surface area contributed by atoms with Crippen molar-refractivity contribution < 1.29 is 14.0 Å². The highest BCUT2D eigenvalue weighted by Crippen LogP contribution is 2.29. The van der Waals surface area contributed by atoms with Crippen molar-refractivity contribution in [2.24, 2.45) is 0 Å². The van der Waals surface area contributed by atoms with E-state index in [1.54, 1.807) is 6.07 Å². The van der Waals surface area contributed by atoms with E-state index in [1.807, 2.05) is 6.07 Å². The number of imide groups is 1. The van der Waals surface area contributed by atoms with Crippen molar-refractivity contribution in [3.8, 4) is 0 Å². The molecule has 2 fully saturated rings. The number of halogens is 1. The van der Waals surface area contributed by atoms with Gasteiger partial charge in [-0.2, -0.15) is 0 Å². The Kier molecular flexibility index (Phi) is 4.38. The van der Waals surface area contributed by atoms with E-state index in [0.29, 0.717) is 18.5 Å². The Balaban J connectivity index is 1.69. The van der Waals surface area contributed by atoms with Gasteiger partial charge < -0.3 is 10.6 Å². The molecule has 22 heavy (non-hydrogen) atoms. The summed E-state index contributed by atoms with van der Waals surface area (Å²) in [5.74, 6) is -0.579. The monoisotopic (exact) mass is 305 g/mol. The van der Waals surface area contributed by atoms with Crippen LogP contribution in [0.2, 0.25) is 0 Å². The van der Waals surface area contributed by atoms with Crippen LogP contribution in [-0.4, -0.2) is 30.9 Å². The first-order chi connectivity index (χ1) is 10.6. The molecule has 1 atom stereocenters. The molecule has 2 heterocycles. The predicted molar refractivity (Wildman–Crippen MR) is 81.0 cm³/mol. The van der Waals surface area contributed by atoms with Crippen LogP contribution in [0, 0.1) is 5.82 Å². The summed E-state index contributed by atoms with van der Waals surface area (Å²) in [6.07, 6.45) is 2.62. The van der Waals surface area contributed by atoms with E-state index in [1.165, 1.54) is 6.07 Å². The molecule has 3 rings (SSSR count). The van der Waals surface area contributed by atoms with Gasteiger partial charge in [0.25, 0.3) is 0 Å². The molecule has 0 unspecified atom stereocenters. The van der Waals surface area contributed by atoms with Gasteiger partial charge in [-0.1, -0.05) is 6.07 Å². The van der Waals surface area contributed by atoms with Crippen LogP contribution in [0.5, 0.6) is 0 Å². The predicted octanol–water partition coefficient (Wildman–Crippen LogP) is 1.51. The Morgan fingerprint density at radius 3 is 2.59 bits per heavy atom. The van der Waals surface area contributed by atoms with E-state index < -0.39 is 6.04 Å². The lowest BCUT2D eigenvalue weighted by atomic mass is 9.89. The number of carbonyl (C=O) groups is 2. The minimum atomic E-state index is -0.484. The highest BCUT2D eigenvalue weighted by atomic mass is 19.1. The average Bonchev–Trinajstić information content (AvgIpc) is 2.51. The summed E-state index contributed by atoms with van der Waals surface area (Å²) in [5, 5.41) is 8.56. The Morgan fingerprint density at radius 2 is 1.91 bits per heavy atom. The molecule has 118 valence electrons. The molecule has 2 amide bonds. The average molecular weight is 305 g/mol. The first-order valence-corrected chi connectivity index (χ1v) is 7.74. The maximum absolute atomic E-state index is 14.3. The SMILES string of the molecule is O=C1CC[C@@H](Nc2ccc(C3CCNCC3)c(F)c2)C(=O)N1. The number of nitrogens with one attached hydrogen (secondary N) is 3. The van der Waals surface area contributed by atoms with E-state index in [0.717, 1.165) is 31.5 Å². The highest BCUT2D eigenvalue weighted by Gasteiger charge is 2.26. The van der Waals surface area contributed by atoms with Crippen molar-refractivity contribution >= 4 is 17.5 Å². The molecule has 0 saturated carbocycles. The number of hydrogen-bond donors (Lipinski definition) is 3. The highest BCUT2D eigenvalue weighted by molar-refractivity contribution is 6.01. The second-order valence-corrected chi connectivity index (χ2v) is 5.91. The topological polar surface area (TPSA) is 70.2 Å². The normalized spacial score (nSPS) is 23.2. The second kappa shape index (κ2) is 6.44. The molecule has 2 saturated heterocycles. The van der Waals surface area contributed by atoms with Crippen LogP contribution >= 0.6 is 0 Å². The van der Waals surface area contributed by atoms with Crippen molar-refractivity contribution in [3.63, 3.8) is 0 Å². The van der Waals surface area contributed by atoms with E-state index in [-0.39, 0.29) is 23.5 Å². The number of amides is 2. The molecule has 0 spiro atoms. The molecule has 6 heteroatoms. The molecular formula is C16H20FN3O2. The fourth-order valence-corrected chi connectivity index (χ4v) is 3.11. The molecule has 0 aromatic heterocycles. The third-order valence-electron chi connectivity index (χ3n) is 4.36. The van der Waals surface area contributed by atoms with Crippen molar-refractivity contribution in [3.05, 3.63) is 29.6 Å². The van der Waals surface area contributed by atoms with Crippen molar-refractivity contribution in [2.75, 3.05) is 18.4 Å². The summed E-state index contributed by atoms with van der Waals surface area (Å²) in [6.45, 7) is 1.83. The zero-order valence-corrected chi connectivity index (χ0v) is 12.3. The number of carbonyl (C=O) groups excluding carboxylic acids is 2. The molecule has 1 aromatic rings. The summed E-state index contributed by atoms with van der Waals surface area (Å²) >= 11 is 0. The minimum absolute atomic E-state index is 0.232. The fourth-order valence-electron chi connectivity index (χ4n) is 3.11.